The van der Waals surface area contributed by atoms with Crippen LogP contribution >= 0.6 is 0 Å². The summed E-state index contributed by atoms with van der Waals surface area (Å²) in [5.74, 6) is 2.63. The highest BCUT2D eigenvalue weighted by atomic mass is 16.5. The average molecular weight is 662 g/mol. The van der Waals surface area contributed by atoms with Crippen molar-refractivity contribution in [2.45, 2.75) is 71.8 Å². The number of ether oxygens (including phenoxy) is 2. The van der Waals surface area contributed by atoms with Crippen molar-refractivity contribution in [1.82, 2.24) is 24.6 Å². The molecule has 0 amide bonds. The second-order valence-electron chi connectivity index (χ2n) is 12.9. The fourth-order valence-electron chi connectivity index (χ4n) is 6.39. The Morgan fingerprint density at radius 3 is 1.90 bits per heavy atom. The van der Waals surface area contributed by atoms with Gasteiger partial charge >= 0.3 is 0 Å². The highest BCUT2D eigenvalue weighted by Gasteiger charge is 2.20. The lowest BCUT2D eigenvalue weighted by atomic mass is 10.1. The highest BCUT2D eigenvalue weighted by molar-refractivity contribution is 5.88. The van der Waals surface area contributed by atoms with Gasteiger partial charge < -0.3 is 19.7 Å². The Labute approximate surface area is 288 Å². The normalized spacial score (nSPS) is 13.8. The molecule has 1 N–H and O–H groups in total. The summed E-state index contributed by atoms with van der Waals surface area (Å²) in [6.07, 6.45) is 6.18. The summed E-state index contributed by atoms with van der Waals surface area (Å²) < 4.78 is 12.3. The van der Waals surface area contributed by atoms with Crippen LogP contribution in [-0.2, 0) is 26.2 Å². The van der Waals surface area contributed by atoms with Crippen molar-refractivity contribution in [1.29, 1.82) is 0 Å². The van der Waals surface area contributed by atoms with E-state index in [0.717, 1.165) is 60.7 Å². The molecule has 0 bridgehead atoms. The Hall–Kier alpha value is -4.96. The van der Waals surface area contributed by atoms with Crippen molar-refractivity contribution in [3.05, 3.63) is 112 Å². The van der Waals surface area contributed by atoms with E-state index >= 15 is 0 Å². The summed E-state index contributed by atoms with van der Waals surface area (Å²) in [6.45, 7) is 9.02. The zero-order valence-electron chi connectivity index (χ0n) is 29.1. The molecular weight excluding hydrogens is 614 g/mol. The van der Waals surface area contributed by atoms with Crippen LogP contribution in [0.5, 0.6) is 11.5 Å². The first-order valence-corrected chi connectivity index (χ1v) is 17.3. The van der Waals surface area contributed by atoms with Gasteiger partial charge in [0.05, 0.1) is 27.0 Å². The lowest BCUT2D eigenvalue weighted by Gasteiger charge is -2.25. The Morgan fingerprint density at radius 2 is 1.35 bits per heavy atom. The van der Waals surface area contributed by atoms with Crippen molar-refractivity contribution >= 4 is 22.7 Å². The molecule has 3 aromatic carbocycles. The summed E-state index contributed by atoms with van der Waals surface area (Å²) in [4.78, 5) is 28.7. The number of methoxy groups -OCH3 is 2. The number of anilines is 2. The van der Waals surface area contributed by atoms with E-state index in [1.54, 1.807) is 20.4 Å². The first-order valence-electron chi connectivity index (χ1n) is 17.3. The maximum atomic E-state index is 14.1. The van der Waals surface area contributed by atoms with Gasteiger partial charge in [-0.1, -0.05) is 61.9 Å². The maximum absolute atomic E-state index is 14.1. The third-order valence-electron chi connectivity index (χ3n) is 9.11. The van der Waals surface area contributed by atoms with Crippen LogP contribution in [-0.4, -0.2) is 58.0 Å². The summed E-state index contributed by atoms with van der Waals surface area (Å²) >= 11 is 0. The van der Waals surface area contributed by atoms with E-state index in [-0.39, 0.29) is 11.6 Å². The zero-order valence-corrected chi connectivity index (χ0v) is 29.1. The minimum absolute atomic E-state index is 0.108. The van der Waals surface area contributed by atoms with E-state index in [2.05, 4.69) is 58.3 Å². The number of likely N-dealkylation sites (tertiary alicyclic amines) is 1. The molecule has 0 radical (unpaired) electrons. The van der Waals surface area contributed by atoms with Gasteiger partial charge in [-0.25, -0.2) is 9.67 Å². The topological polar surface area (TPSA) is 97.6 Å². The zero-order chi connectivity index (χ0) is 34.2. The highest BCUT2D eigenvalue weighted by Crippen LogP contribution is 2.26. The predicted octanol–water partition coefficient (Wildman–Crippen LogP) is 6.66. The van der Waals surface area contributed by atoms with Crippen molar-refractivity contribution in [3.8, 4) is 11.5 Å². The van der Waals surface area contributed by atoms with Gasteiger partial charge in [0.2, 0.25) is 5.95 Å². The largest absolute Gasteiger partial charge is 0.497 e. The predicted molar refractivity (Wildman–Crippen MR) is 196 cm³/mol. The van der Waals surface area contributed by atoms with Gasteiger partial charge in [0, 0.05) is 25.7 Å². The number of hydrogen-bond acceptors (Lipinski definition) is 9. The summed E-state index contributed by atoms with van der Waals surface area (Å²) in [5, 5.41) is 8.60. The molecule has 10 heteroatoms. The van der Waals surface area contributed by atoms with Crippen LogP contribution in [0.15, 0.2) is 83.8 Å². The van der Waals surface area contributed by atoms with Crippen LogP contribution in [0.4, 0.5) is 11.8 Å². The van der Waals surface area contributed by atoms with E-state index in [0.29, 0.717) is 42.3 Å². The minimum Gasteiger partial charge on any atom is -0.497 e. The van der Waals surface area contributed by atoms with Crippen molar-refractivity contribution in [2.75, 3.05) is 37.5 Å². The van der Waals surface area contributed by atoms with Gasteiger partial charge in [0.1, 0.15) is 28.2 Å². The molecule has 49 heavy (non-hydrogen) atoms. The summed E-state index contributed by atoms with van der Waals surface area (Å²) in [6, 6.07) is 24.6. The standard InChI is InChI=1S/C39H47N7O3/c1-5-8-28(2)41-37-36-35(23-40-46(38(36)47)27-32-11-9-29(10-12-32)24-44-21-6-7-22-44)42-39(43-37)45(25-30-13-17-33(48-3)18-14-30)26-31-15-19-34(49-4)20-16-31/h9-20,23,28H,5-8,21-22,24-27H2,1-4H3,(H,41,42,43). The molecule has 0 aliphatic carbocycles. The quantitative estimate of drug-likeness (QED) is 0.132. The van der Waals surface area contributed by atoms with E-state index in [1.807, 2.05) is 48.5 Å². The van der Waals surface area contributed by atoms with E-state index in [4.69, 9.17) is 19.4 Å². The van der Waals surface area contributed by atoms with Crippen LogP contribution in [0.3, 0.4) is 0 Å². The van der Waals surface area contributed by atoms with Gasteiger partial charge in [-0.15, -0.1) is 0 Å². The molecule has 2 aromatic heterocycles. The van der Waals surface area contributed by atoms with Crippen LogP contribution in [0.1, 0.15) is 61.8 Å². The van der Waals surface area contributed by atoms with E-state index < -0.39 is 0 Å². The number of aromatic nitrogens is 4. The number of fused-ring (bicyclic) bond motifs is 1. The third-order valence-corrected chi connectivity index (χ3v) is 9.11. The number of hydrogen-bond donors (Lipinski definition) is 1. The molecule has 256 valence electrons. The molecule has 3 heterocycles. The van der Waals surface area contributed by atoms with Gasteiger partial charge in [-0.2, -0.15) is 10.1 Å². The molecule has 1 saturated heterocycles. The fourth-order valence-corrected chi connectivity index (χ4v) is 6.39. The molecule has 1 atom stereocenters. The number of benzene rings is 3. The maximum Gasteiger partial charge on any atom is 0.280 e. The Kier molecular flexibility index (Phi) is 11.0. The monoisotopic (exact) mass is 661 g/mol. The van der Waals surface area contributed by atoms with Crippen LogP contribution < -0.4 is 25.2 Å². The van der Waals surface area contributed by atoms with E-state index in [9.17, 15) is 4.79 Å². The van der Waals surface area contributed by atoms with Crippen LogP contribution in [0, 0.1) is 0 Å². The molecule has 1 unspecified atom stereocenters. The molecule has 1 aliphatic rings. The minimum atomic E-state index is -0.215. The van der Waals surface area contributed by atoms with Crippen molar-refractivity contribution < 1.29 is 9.47 Å². The molecule has 0 saturated carbocycles. The molecule has 0 spiro atoms. The van der Waals surface area contributed by atoms with Crippen molar-refractivity contribution in [3.63, 3.8) is 0 Å². The molecule has 5 aromatic rings. The smallest absolute Gasteiger partial charge is 0.280 e. The number of nitrogens with one attached hydrogen (secondary N) is 1. The molecule has 10 nitrogen and oxygen atoms in total. The number of rotatable bonds is 15. The SMILES string of the molecule is CCCC(C)Nc1nc(N(Cc2ccc(OC)cc2)Cc2ccc(OC)cc2)nc2cnn(Cc3ccc(CN4CCCC4)cc3)c(=O)c12. The number of nitrogens with zero attached hydrogens (tertiary/aromatic N) is 6. The Balaban J connectivity index is 1.35. The van der Waals surface area contributed by atoms with Gasteiger partial charge in [0.15, 0.2) is 0 Å². The Bertz CT molecular complexity index is 1820. The Morgan fingerprint density at radius 1 is 0.796 bits per heavy atom. The van der Waals surface area contributed by atoms with Crippen molar-refractivity contribution in [2.24, 2.45) is 0 Å². The van der Waals surface area contributed by atoms with E-state index in [1.165, 1.54) is 23.1 Å². The van der Waals surface area contributed by atoms with Gasteiger partial charge in [-0.05, 0) is 85.8 Å². The lowest BCUT2D eigenvalue weighted by Crippen LogP contribution is -2.29. The molecule has 1 aliphatic heterocycles. The molecular formula is C39H47N7O3. The molecule has 1 fully saturated rings. The first kappa shape index (κ1) is 33.9. The fraction of sp³-hybridized carbons (Fsp3) is 0.385. The van der Waals surface area contributed by atoms with Crippen LogP contribution in [0.2, 0.25) is 0 Å². The summed E-state index contributed by atoms with van der Waals surface area (Å²) in [5.41, 5.74) is 4.76. The summed E-state index contributed by atoms with van der Waals surface area (Å²) in [7, 11) is 3.33. The van der Waals surface area contributed by atoms with Gasteiger partial charge in [0.25, 0.3) is 5.56 Å². The van der Waals surface area contributed by atoms with Crippen LogP contribution in [0.25, 0.3) is 10.9 Å². The third kappa shape index (κ3) is 8.56. The first-order chi connectivity index (χ1) is 23.9. The second kappa shape index (κ2) is 16.0. The van der Waals surface area contributed by atoms with Gasteiger partial charge in [-0.3, -0.25) is 9.69 Å². The average Bonchev–Trinajstić information content (AvgIpc) is 3.63. The second-order valence-corrected chi connectivity index (χ2v) is 12.9. The lowest BCUT2D eigenvalue weighted by molar-refractivity contribution is 0.331. The molecule has 6 rings (SSSR count).